The number of hydrogen-bond acceptors (Lipinski definition) is 5. The van der Waals surface area contributed by atoms with Gasteiger partial charge in [0.2, 0.25) is 0 Å². The monoisotopic (exact) mass is 265 g/mol. The fourth-order valence-corrected chi connectivity index (χ4v) is 1.79. The van der Waals surface area contributed by atoms with Crippen LogP contribution in [0.25, 0.3) is 5.65 Å². The number of ether oxygens (including phenoxy) is 1. The Morgan fingerprint density at radius 3 is 3.11 bits per heavy atom. The van der Waals surface area contributed by atoms with Crippen LogP contribution in [0.3, 0.4) is 0 Å². The molecular formula is C12H19N5O2. The van der Waals surface area contributed by atoms with Gasteiger partial charge in [0.15, 0.2) is 5.65 Å². The molecule has 0 aliphatic heterocycles. The third kappa shape index (κ3) is 3.31. The summed E-state index contributed by atoms with van der Waals surface area (Å²) in [5.41, 5.74) is 0.293. The molecule has 0 atom stereocenters. The predicted octanol–water partition coefficient (Wildman–Crippen LogP) is 0.955. The van der Waals surface area contributed by atoms with Gasteiger partial charge < -0.3 is 10.1 Å². The molecule has 7 nitrogen and oxygen atoms in total. The zero-order chi connectivity index (χ0) is 13.7. The third-order valence-corrected chi connectivity index (χ3v) is 2.76. The minimum Gasteiger partial charge on any atom is -0.380 e. The molecule has 0 saturated heterocycles. The van der Waals surface area contributed by atoms with E-state index in [1.54, 1.807) is 13.0 Å². The number of H-pyrrole nitrogens is 1. The molecule has 0 aromatic carbocycles. The highest BCUT2D eigenvalue weighted by Gasteiger charge is 2.06. The van der Waals surface area contributed by atoms with Gasteiger partial charge in [-0.15, -0.1) is 0 Å². The van der Waals surface area contributed by atoms with E-state index in [-0.39, 0.29) is 5.69 Å². The fraction of sp³-hybridized carbons (Fsp3) is 0.583. The highest BCUT2D eigenvalue weighted by atomic mass is 16.5. The zero-order valence-corrected chi connectivity index (χ0v) is 11.3. The Bertz CT molecular complexity index is 589. The summed E-state index contributed by atoms with van der Waals surface area (Å²) in [4.78, 5) is 15.7. The second-order valence-electron chi connectivity index (χ2n) is 4.30. The lowest BCUT2D eigenvalue weighted by molar-refractivity contribution is 0.141. The molecule has 0 amide bonds. The van der Waals surface area contributed by atoms with E-state index in [0.717, 1.165) is 19.4 Å². The summed E-state index contributed by atoms with van der Waals surface area (Å²) in [7, 11) is 0. The van der Waals surface area contributed by atoms with Gasteiger partial charge in [-0.25, -0.2) is 19.3 Å². The van der Waals surface area contributed by atoms with Crippen molar-refractivity contribution in [1.29, 1.82) is 0 Å². The first-order valence-corrected chi connectivity index (χ1v) is 6.48. The third-order valence-electron chi connectivity index (χ3n) is 2.76. The van der Waals surface area contributed by atoms with Gasteiger partial charge in [-0.3, -0.25) is 0 Å². The molecule has 104 valence electrons. The molecule has 0 fully saturated rings. The molecule has 0 aliphatic rings. The number of nitrogens with one attached hydrogen (secondary N) is 2. The topological polar surface area (TPSA) is 84.3 Å². The van der Waals surface area contributed by atoms with Crippen LogP contribution < -0.4 is 11.0 Å². The summed E-state index contributed by atoms with van der Waals surface area (Å²) in [6.45, 7) is 6.01. The number of nitrogens with zero attached hydrogens (tertiary/aromatic N) is 3. The lowest BCUT2D eigenvalue weighted by Crippen LogP contribution is -2.15. The highest BCUT2D eigenvalue weighted by Crippen LogP contribution is 2.07. The van der Waals surface area contributed by atoms with E-state index < -0.39 is 0 Å². The van der Waals surface area contributed by atoms with Gasteiger partial charge in [0.05, 0.1) is 6.61 Å². The van der Waals surface area contributed by atoms with Crippen molar-refractivity contribution >= 4 is 11.5 Å². The van der Waals surface area contributed by atoms with Crippen LogP contribution in [0.15, 0.2) is 10.9 Å². The maximum Gasteiger partial charge on any atom is 0.349 e. The lowest BCUT2D eigenvalue weighted by Gasteiger charge is -2.07. The van der Waals surface area contributed by atoms with Crippen molar-refractivity contribution in [1.82, 2.24) is 19.6 Å². The second-order valence-corrected chi connectivity index (χ2v) is 4.30. The van der Waals surface area contributed by atoms with Gasteiger partial charge in [-0.1, -0.05) is 13.3 Å². The van der Waals surface area contributed by atoms with E-state index in [4.69, 9.17) is 4.74 Å². The average Bonchev–Trinajstić information content (AvgIpc) is 2.76. The molecule has 7 heteroatoms. The van der Waals surface area contributed by atoms with Crippen molar-refractivity contribution in [3.63, 3.8) is 0 Å². The number of fused-ring (bicyclic) bond motifs is 1. The standard InChI is InChI=1S/C12H19N5O2/c1-3-4-6-19-7-5-13-10-8-11-15-16-12(18)17(11)9(2)14-10/h8,13H,3-7H2,1-2H3,(H,16,18). The van der Waals surface area contributed by atoms with Gasteiger partial charge in [-0.05, 0) is 13.3 Å². The Hall–Kier alpha value is -1.89. The summed E-state index contributed by atoms with van der Waals surface area (Å²) < 4.78 is 6.88. The maximum atomic E-state index is 11.4. The molecule has 0 spiro atoms. The largest absolute Gasteiger partial charge is 0.380 e. The smallest absolute Gasteiger partial charge is 0.349 e. The van der Waals surface area contributed by atoms with Crippen molar-refractivity contribution in [2.75, 3.05) is 25.1 Å². The number of unbranched alkanes of at least 4 members (excludes halogenated alkanes) is 1. The molecule has 19 heavy (non-hydrogen) atoms. The quantitative estimate of drug-likeness (QED) is 0.728. The Balaban J connectivity index is 1.92. The van der Waals surface area contributed by atoms with E-state index in [0.29, 0.717) is 30.4 Å². The van der Waals surface area contributed by atoms with Gasteiger partial charge in [-0.2, -0.15) is 5.10 Å². The summed E-state index contributed by atoms with van der Waals surface area (Å²) >= 11 is 0. The Morgan fingerprint density at radius 1 is 1.47 bits per heavy atom. The number of aryl methyl sites for hydroxylation is 1. The van der Waals surface area contributed by atoms with Crippen LogP contribution in [0.2, 0.25) is 0 Å². The van der Waals surface area contributed by atoms with Crippen molar-refractivity contribution < 1.29 is 4.74 Å². The van der Waals surface area contributed by atoms with Crippen molar-refractivity contribution in [3.8, 4) is 0 Å². The van der Waals surface area contributed by atoms with E-state index in [2.05, 4.69) is 27.4 Å². The SMILES string of the molecule is CCCCOCCNc1cc2n[nH]c(=O)n2c(C)n1. The molecule has 2 N–H and O–H groups in total. The van der Waals surface area contributed by atoms with E-state index >= 15 is 0 Å². The lowest BCUT2D eigenvalue weighted by atomic mass is 10.4. The first kappa shape index (κ1) is 13.5. The molecule has 0 bridgehead atoms. The van der Waals surface area contributed by atoms with Crippen LogP contribution in [-0.4, -0.2) is 39.3 Å². The van der Waals surface area contributed by atoms with Crippen molar-refractivity contribution in [2.45, 2.75) is 26.7 Å². The average molecular weight is 265 g/mol. The summed E-state index contributed by atoms with van der Waals surface area (Å²) in [6, 6.07) is 1.73. The van der Waals surface area contributed by atoms with Crippen LogP contribution >= 0.6 is 0 Å². The van der Waals surface area contributed by atoms with Gasteiger partial charge in [0, 0.05) is 19.2 Å². The molecule has 0 aliphatic carbocycles. The van der Waals surface area contributed by atoms with Gasteiger partial charge in [0.25, 0.3) is 0 Å². The molecule has 2 aromatic rings. The molecular weight excluding hydrogens is 246 g/mol. The van der Waals surface area contributed by atoms with E-state index in [1.807, 2.05) is 0 Å². The minimum absolute atomic E-state index is 0.269. The summed E-state index contributed by atoms with van der Waals surface area (Å²) in [5, 5.41) is 9.48. The molecule has 2 rings (SSSR count). The highest BCUT2D eigenvalue weighted by molar-refractivity contribution is 5.49. The van der Waals surface area contributed by atoms with Crippen LogP contribution in [0.5, 0.6) is 0 Å². The van der Waals surface area contributed by atoms with E-state index in [9.17, 15) is 4.79 Å². The van der Waals surface area contributed by atoms with Crippen molar-refractivity contribution in [2.24, 2.45) is 0 Å². The Labute approximate surface area is 111 Å². The molecule has 2 heterocycles. The first-order chi connectivity index (χ1) is 9.22. The van der Waals surface area contributed by atoms with Crippen molar-refractivity contribution in [3.05, 3.63) is 22.4 Å². The van der Waals surface area contributed by atoms with Crippen LogP contribution in [0.1, 0.15) is 25.6 Å². The number of rotatable bonds is 7. The predicted molar refractivity (Wildman–Crippen MR) is 72.6 cm³/mol. The van der Waals surface area contributed by atoms with Crippen LogP contribution in [0, 0.1) is 6.92 Å². The number of anilines is 1. The number of aromatic amines is 1. The summed E-state index contributed by atoms with van der Waals surface area (Å²) in [6.07, 6.45) is 2.22. The first-order valence-electron chi connectivity index (χ1n) is 6.48. The zero-order valence-electron chi connectivity index (χ0n) is 11.3. The second kappa shape index (κ2) is 6.33. The van der Waals surface area contributed by atoms with E-state index in [1.165, 1.54) is 4.40 Å². The minimum atomic E-state index is -0.269. The van der Waals surface area contributed by atoms with Gasteiger partial charge in [0.1, 0.15) is 11.6 Å². The summed E-state index contributed by atoms with van der Waals surface area (Å²) in [5.74, 6) is 1.30. The normalized spacial score (nSPS) is 11.1. The van der Waals surface area contributed by atoms with Gasteiger partial charge >= 0.3 is 5.69 Å². The fourth-order valence-electron chi connectivity index (χ4n) is 1.79. The number of aromatic nitrogens is 4. The molecule has 0 radical (unpaired) electrons. The number of hydrogen-bond donors (Lipinski definition) is 2. The molecule has 2 aromatic heterocycles. The maximum absolute atomic E-state index is 11.4. The molecule has 0 saturated carbocycles. The van der Waals surface area contributed by atoms with Crippen LogP contribution in [0.4, 0.5) is 5.82 Å². The Kier molecular flexibility index (Phi) is 4.51. The van der Waals surface area contributed by atoms with Crippen LogP contribution in [-0.2, 0) is 4.74 Å². The Morgan fingerprint density at radius 2 is 2.32 bits per heavy atom. The molecule has 0 unspecified atom stereocenters.